The Kier molecular flexibility index (Phi) is 5.85. The van der Waals surface area contributed by atoms with Crippen LogP contribution in [-0.4, -0.2) is 31.4 Å². The van der Waals surface area contributed by atoms with Gasteiger partial charge in [-0.2, -0.15) is 0 Å². The molecule has 1 N–H and O–H groups in total. The highest BCUT2D eigenvalue weighted by Crippen LogP contribution is 2.20. The van der Waals surface area contributed by atoms with Crippen molar-refractivity contribution < 1.29 is 13.6 Å². The summed E-state index contributed by atoms with van der Waals surface area (Å²) >= 11 is 3.23. The van der Waals surface area contributed by atoms with Gasteiger partial charge in [-0.3, -0.25) is 4.79 Å². The first kappa shape index (κ1) is 17.6. The van der Waals surface area contributed by atoms with E-state index in [1.165, 1.54) is 30.3 Å². The second-order valence-electron chi connectivity index (χ2n) is 5.37. The predicted octanol–water partition coefficient (Wildman–Crippen LogP) is 3.76. The fraction of sp³-hybridized carbons (Fsp3) is 0.235. The zero-order chi connectivity index (χ0) is 17.0. The lowest BCUT2D eigenvalue weighted by Crippen LogP contribution is -2.34. The summed E-state index contributed by atoms with van der Waals surface area (Å²) in [4.78, 5) is 14.1. The normalized spacial score (nSPS) is 12.3. The van der Waals surface area contributed by atoms with E-state index in [0.717, 1.165) is 5.56 Å². The summed E-state index contributed by atoms with van der Waals surface area (Å²) in [6.45, 7) is 0.276. The maximum atomic E-state index is 13.4. The molecule has 0 aromatic heterocycles. The quantitative estimate of drug-likeness (QED) is 0.853. The number of halogens is 3. The largest absolute Gasteiger partial charge is 0.350 e. The minimum atomic E-state index is -0.479. The van der Waals surface area contributed by atoms with Crippen LogP contribution in [0.5, 0.6) is 0 Å². The molecule has 0 spiro atoms. The highest BCUT2D eigenvalue weighted by molar-refractivity contribution is 9.10. The summed E-state index contributed by atoms with van der Waals surface area (Å²) < 4.78 is 27.2. The summed E-state index contributed by atoms with van der Waals surface area (Å²) in [5, 5.41) is 2.77. The van der Waals surface area contributed by atoms with Crippen molar-refractivity contribution in [3.05, 3.63) is 69.7 Å². The fourth-order valence-electron chi connectivity index (χ4n) is 2.27. The number of nitrogens with one attached hydrogen (secondary N) is 1. The van der Waals surface area contributed by atoms with Gasteiger partial charge in [-0.1, -0.05) is 12.1 Å². The lowest BCUT2D eigenvalue weighted by molar-refractivity contribution is 0.0940. The third kappa shape index (κ3) is 4.59. The molecule has 0 aliphatic heterocycles. The molecule has 0 aliphatic carbocycles. The second kappa shape index (κ2) is 7.66. The van der Waals surface area contributed by atoms with Gasteiger partial charge < -0.3 is 10.2 Å². The number of nitrogens with zero attached hydrogens (tertiary/aromatic N) is 1. The van der Waals surface area contributed by atoms with Crippen LogP contribution in [0, 0.1) is 11.6 Å². The van der Waals surface area contributed by atoms with Crippen molar-refractivity contribution in [3.8, 4) is 0 Å². The third-order valence-electron chi connectivity index (χ3n) is 3.49. The summed E-state index contributed by atoms with van der Waals surface area (Å²) in [6.07, 6.45) is 0. The first-order valence-corrected chi connectivity index (χ1v) is 7.83. The van der Waals surface area contributed by atoms with Crippen LogP contribution in [0.15, 0.2) is 46.9 Å². The van der Waals surface area contributed by atoms with Crippen LogP contribution in [0.2, 0.25) is 0 Å². The van der Waals surface area contributed by atoms with E-state index in [9.17, 15) is 13.6 Å². The molecule has 3 nitrogen and oxygen atoms in total. The molecule has 122 valence electrons. The van der Waals surface area contributed by atoms with Gasteiger partial charge in [-0.05, 0) is 65.9 Å². The van der Waals surface area contributed by atoms with Gasteiger partial charge in [0.25, 0.3) is 5.91 Å². The fourth-order valence-corrected chi connectivity index (χ4v) is 2.70. The zero-order valence-electron chi connectivity index (χ0n) is 12.8. The Morgan fingerprint density at radius 3 is 2.52 bits per heavy atom. The van der Waals surface area contributed by atoms with Crippen molar-refractivity contribution in [1.82, 2.24) is 10.2 Å². The van der Waals surface area contributed by atoms with Crippen molar-refractivity contribution in [3.63, 3.8) is 0 Å². The molecule has 0 bridgehead atoms. The van der Waals surface area contributed by atoms with Crippen molar-refractivity contribution in [1.29, 1.82) is 0 Å². The molecule has 0 heterocycles. The van der Waals surface area contributed by atoms with E-state index in [4.69, 9.17) is 0 Å². The molecule has 2 aromatic carbocycles. The van der Waals surface area contributed by atoms with Crippen molar-refractivity contribution >= 4 is 21.8 Å². The highest BCUT2D eigenvalue weighted by Gasteiger charge is 2.17. The van der Waals surface area contributed by atoms with Gasteiger partial charge in [-0.15, -0.1) is 0 Å². The maximum absolute atomic E-state index is 13.4. The van der Waals surface area contributed by atoms with E-state index < -0.39 is 5.82 Å². The summed E-state index contributed by atoms with van der Waals surface area (Å²) in [6, 6.07) is 9.99. The molecule has 6 heteroatoms. The monoisotopic (exact) mass is 382 g/mol. The van der Waals surface area contributed by atoms with Crippen LogP contribution in [0.25, 0.3) is 0 Å². The third-order valence-corrected chi connectivity index (χ3v) is 4.18. The number of carbonyl (C=O) groups excluding carboxylic acids is 1. The van der Waals surface area contributed by atoms with Crippen molar-refractivity contribution in [2.45, 2.75) is 6.04 Å². The Labute approximate surface area is 142 Å². The van der Waals surface area contributed by atoms with Crippen LogP contribution >= 0.6 is 15.9 Å². The Morgan fingerprint density at radius 1 is 1.17 bits per heavy atom. The van der Waals surface area contributed by atoms with Gasteiger partial charge in [0, 0.05) is 11.0 Å². The molecule has 2 aromatic rings. The number of benzene rings is 2. The first-order chi connectivity index (χ1) is 10.9. The maximum Gasteiger partial charge on any atom is 0.252 e. The smallest absolute Gasteiger partial charge is 0.252 e. The molecule has 0 aliphatic rings. The lowest BCUT2D eigenvalue weighted by Gasteiger charge is -2.25. The number of amides is 1. The Hall–Kier alpha value is -1.79. The molecule has 0 saturated carbocycles. The van der Waals surface area contributed by atoms with Crippen LogP contribution in [0.1, 0.15) is 22.0 Å². The number of rotatable bonds is 5. The van der Waals surface area contributed by atoms with E-state index >= 15 is 0 Å². The van der Waals surface area contributed by atoms with Crippen molar-refractivity contribution in [2.24, 2.45) is 0 Å². The molecule has 1 atom stereocenters. The van der Waals surface area contributed by atoms with E-state index in [-0.39, 0.29) is 29.9 Å². The molecule has 23 heavy (non-hydrogen) atoms. The van der Waals surface area contributed by atoms with E-state index in [0.29, 0.717) is 4.47 Å². The zero-order valence-corrected chi connectivity index (χ0v) is 14.4. The van der Waals surface area contributed by atoms with Gasteiger partial charge in [0.05, 0.1) is 11.6 Å². The minimum absolute atomic E-state index is 0.193. The number of hydrogen-bond donors (Lipinski definition) is 1. The molecule has 0 fully saturated rings. The number of likely N-dealkylation sites (N-methyl/N-ethyl adjacent to an activating group) is 1. The molecule has 2 rings (SSSR count). The molecular weight excluding hydrogens is 366 g/mol. The Morgan fingerprint density at radius 2 is 1.87 bits per heavy atom. The van der Waals surface area contributed by atoms with Gasteiger partial charge in [0.2, 0.25) is 0 Å². The van der Waals surface area contributed by atoms with Gasteiger partial charge >= 0.3 is 0 Å². The molecule has 0 saturated heterocycles. The molecule has 1 amide bonds. The lowest BCUT2D eigenvalue weighted by atomic mass is 10.1. The van der Waals surface area contributed by atoms with Crippen LogP contribution in [0.4, 0.5) is 8.78 Å². The summed E-state index contributed by atoms with van der Waals surface area (Å²) in [5.74, 6) is -1.19. The average Bonchev–Trinajstić information content (AvgIpc) is 2.49. The Balaban J connectivity index is 2.13. The van der Waals surface area contributed by atoms with E-state index in [1.54, 1.807) is 12.1 Å². The first-order valence-electron chi connectivity index (χ1n) is 7.03. The van der Waals surface area contributed by atoms with Crippen molar-refractivity contribution in [2.75, 3.05) is 20.6 Å². The highest BCUT2D eigenvalue weighted by atomic mass is 79.9. The average molecular weight is 383 g/mol. The second-order valence-corrected chi connectivity index (χ2v) is 6.22. The van der Waals surface area contributed by atoms with E-state index in [1.807, 2.05) is 19.0 Å². The molecular formula is C17H17BrF2N2O. The molecule has 0 unspecified atom stereocenters. The Bertz CT molecular complexity index is 707. The number of hydrogen-bond acceptors (Lipinski definition) is 2. The van der Waals surface area contributed by atoms with Gasteiger partial charge in [-0.25, -0.2) is 8.78 Å². The molecule has 0 radical (unpaired) electrons. The van der Waals surface area contributed by atoms with Crippen LogP contribution < -0.4 is 5.32 Å². The summed E-state index contributed by atoms with van der Waals surface area (Å²) in [7, 11) is 3.69. The topological polar surface area (TPSA) is 32.3 Å². The summed E-state index contributed by atoms with van der Waals surface area (Å²) in [5.41, 5.74) is 0.982. The van der Waals surface area contributed by atoms with Gasteiger partial charge in [0.1, 0.15) is 11.6 Å². The standard InChI is InChI=1S/C17H17BrF2N2O/c1-22(2)16(11-4-3-5-12(19)8-11)10-21-17(23)14-9-13(20)6-7-15(14)18/h3-9,16H,10H2,1-2H3,(H,21,23)/t16-/m0/s1. The van der Waals surface area contributed by atoms with Gasteiger partial charge in [0.15, 0.2) is 0 Å². The van der Waals surface area contributed by atoms with Crippen LogP contribution in [-0.2, 0) is 0 Å². The van der Waals surface area contributed by atoms with E-state index in [2.05, 4.69) is 21.2 Å². The van der Waals surface area contributed by atoms with Crippen LogP contribution in [0.3, 0.4) is 0 Å². The minimum Gasteiger partial charge on any atom is -0.350 e. The number of carbonyl (C=O) groups is 1. The SMILES string of the molecule is CN(C)[C@@H](CNC(=O)c1cc(F)ccc1Br)c1cccc(F)c1. The predicted molar refractivity (Wildman–Crippen MR) is 89.3 cm³/mol.